The summed E-state index contributed by atoms with van der Waals surface area (Å²) >= 11 is 0. The highest BCUT2D eigenvalue weighted by molar-refractivity contribution is 5.37. The number of methoxy groups -OCH3 is 1. The molecule has 0 heterocycles. The van der Waals surface area contributed by atoms with Crippen molar-refractivity contribution in [1.29, 1.82) is 5.26 Å². The lowest BCUT2D eigenvalue weighted by Crippen LogP contribution is -1.87. The fraction of sp³-hybridized carbons (Fsp3) is 0.133. The Morgan fingerprint density at radius 1 is 1.00 bits per heavy atom. The summed E-state index contributed by atoms with van der Waals surface area (Å²) in [6, 6.07) is 17.0. The molecule has 0 atom stereocenters. The lowest BCUT2D eigenvalue weighted by molar-refractivity contribution is 0.413. The Hall–Kier alpha value is -2.47. The molecule has 0 unspecified atom stereocenters. The van der Waals surface area contributed by atoms with Gasteiger partial charge in [0.2, 0.25) is 0 Å². The summed E-state index contributed by atoms with van der Waals surface area (Å²) in [5, 5.41) is 8.65. The molecule has 0 radical (unpaired) electrons. The molecular weight excluding hydrogens is 226 g/mol. The maximum absolute atomic E-state index is 8.65. The monoisotopic (exact) mass is 239 g/mol. The van der Waals surface area contributed by atoms with Crippen molar-refractivity contribution in [3.63, 3.8) is 0 Å². The second-order valence-electron chi connectivity index (χ2n) is 3.76. The van der Waals surface area contributed by atoms with Gasteiger partial charge in [-0.05, 0) is 42.0 Å². The molecule has 0 bridgehead atoms. The van der Waals surface area contributed by atoms with E-state index >= 15 is 0 Å². The Morgan fingerprint density at radius 3 is 2.39 bits per heavy atom. The number of rotatable bonds is 4. The molecule has 2 aromatic carbocycles. The molecule has 18 heavy (non-hydrogen) atoms. The smallest absolute Gasteiger partial charge is 0.127 e. The Labute approximate surface area is 106 Å². The molecule has 0 aliphatic carbocycles. The molecule has 0 N–H and O–H groups in total. The van der Waals surface area contributed by atoms with Crippen molar-refractivity contribution >= 4 is 0 Å². The van der Waals surface area contributed by atoms with E-state index in [1.165, 1.54) is 0 Å². The summed E-state index contributed by atoms with van der Waals surface area (Å²) in [5.41, 5.74) is 0.948. The standard InChI is InChI=1S/C15H13NO2/c1-17-13-5-7-14(8-6-13)18-15-4-2-3-12(11-15)9-10-16/h2-8,11H,9H2,1H3. The zero-order valence-corrected chi connectivity index (χ0v) is 10.1. The van der Waals surface area contributed by atoms with E-state index in [0.717, 1.165) is 22.8 Å². The predicted octanol–water partition coefficient (Wildman–Crippen LogP) is 3.55. The van der Waals surface area contributed by atoms with Crippen LogP contribution >= 0.6 is 0 Å². The van der Waals surface area contributed by atoms with Crippen LogP contribution in [-0.2, 0) is 6.42 Å². The second-order valence-corrected chi connectivity index (χ2v) is 3.76. The van der Waals surface area contributed by atoms with Gasteiger partial charge in [-0.25, -0.2) is 0 Å². The van der Waals surface area contributed by atoms with Crippen LogP contribution in [0.15, 0.2) is 48.5 Å². The van der Waals surface area contributed by atoms with Gasteiger partial charge < -0.3 is 9.47 Å². The minimum Gasteiger partial charge on any atom is -0.497 e. The highest BCUT2D eigenvalue weighted by Crippen LogP contribution is 2.24. The van der Waals surface area contributed by atoms with Gasteiger partial charge in [0.15, 0.2) is 0 Å². The average Bonchev–Trinajstić information content (AvgIpc) is 2.40. The molecule has 0 aromatic heterocycles. The molecule has 0 spiro atoms. The summed E-state index contributed by atoms with van der Waals surface area (Å²) in [5.74, 6) is 2.26. The molecule has 0 saturated heterocycles. The van der Waals surface area contributed by atoms with Gasteiger partial charge in [0.05, 0.1) is 19.6 Å². The van der Waals surface area contributed by atoms with Crippen molar-refractivity contribution < 1.29 is 9.47 Å². The first-order valence-electron chi connectivity index (χ1n) is 5.59. The van der Waals surface area contributed by atoms with Gasteiger partial charge in [0, 0.05) is 0 Å². The van der Waals surface area contributed by atoms with E-state index in [2.05, 4.69) is 6.07 Å². The van der Waals surface area contributed by atoms with E-state index in [-0.39, 0.29) is 0 Å². The van der Waals surface area contributed by atoms with Gasteiger partial charge in [-0.15, -0.1) is 0 Å². The normalized spacial score (nSPS) is 9.56. The van der Waals surface area contributed by atoms with E-state index in [1.807, 2.05) is 48.5 Å². The Balaban J connectivity index is 2.12. The molecule has 3 nitrogen and oxygen atoms in total. The highest BCUT2D eigenvalue weighted by atomic mass is 16.5. The maximum atomic E-state index is 8.65. The van der Waals surface area contributed by atoms with Crippen molar-refractivity contribution in [2.24, 2.45) is 0 Å². The van der Waals surface area contributed by atoms with Crippen LogP contribution in [-0.4, -0.2) is 7.11 Å². The summed E-state index contributed by atoms with van der Waals surface area (Å²) in [7, 11) is 1.63. The van der Waals surface area contributed by atoms with Gasteiger partial charge in [-0.3, -0.25) is 0 Å². The molecule has 0 saturated carbocycles. The minimum atomic E-state index is 0.389. The molecule has 3 heteroatoms. The zero-order chi connectivity index (χ0) is 12.8. The Bertz CT molecular complexity index is 555. The fourth-order valence-corrected chi connectivity index (χ4v) is 1.59. The Morgan fingerprint density at radius 2 is 1.72 bits per heavy atom. The maximum Gasteiger partial charge on any atom is 0.127 e. The fourth-order valence-electron chi connectivity index (χ4n) is 1.59. The van der Waals surface area contributed by atoms with Crippen molar-refractivity contribution in [2.45, 2.75) is 6.42 Å². The van der Waals surface area contributed by atoms with Crippen LogP contribution in [0.2, 0.25) is 0 Å². The Kier molecular flexibility index (Phi) is 3.83. The molecule has 90 valence electrons. The van der Waals surface area contributed by atoms with E-state index in [4.69, 9.17) is 14.7 Å². The predicted molar refractivity (Wildman–Crippen MR) is 68.8 cm³/mol. The minimum absolute atomic E-state index is 0.389. The number of hydrogen-bond acceptors (Lipinski definition) is 3. The van der Waals surface area contributed by atoms with Crippen LogP contribution in [0, 0.1) is 11.3 Å². The van der Waals surface area contributed by atoms with Gasteiger partial charge in [0.1, 0.15) is 17.2 Å². The number of ether oxygens (including phenoxy) is 2. The van der Waals surface area contributed by atoms with Crippen molar-refractivity contribution in [2.75, 3.05) is 7.11 Å². The zero-order valence-electron chi connectivity index (χ0n) is 10.1. The average molecular weight is 239 g/mol. The van der Waals surface area contributed by atoms with Crippen molar-refractivity contribution in [3.05, 3.63) is 54.1 Å². The summed E-state index contributed by atoms with van der Waals surface area (Å²) < 4.78 is 10.8. The van der Waals surface area contributed by atoms with Crippen molar-refractivity contribution in [1.82, 2.24) is 0 Å². The third kappa shape index (κ3) is 3.02. The summed E-state index contributed by atoms with van der Waals surface area (Å²) in [4.78, 5) is 0. The molecule has 0 amide bonds. The number of benzene rings is 2. The van der Waals surface area contributed by atoms with Gasteiger partial charge in [-0.2, -0.15) is 5.26 Å². The van der Waals surface area contributed by atoms with Gasteiger partial charge in [-0.1, -0.05) is 12.1 Å². The van der Waals surface area contributed by atoms with E-state index in [9.17, 15) is 0 Å². The number of nitrogens with zero attached hydrogens (tertiary/aromatic N) is 1. The molecule has 2 aromatic rings. The van der Waals surface area contributed by atoms with E-state index in [1.54, 1.807) is 7.11 Å². The lowest BCUT2D eigenvalue weighted by atomic mass is 10.1. The van der Waals surface area contributed by atoms with E-state index in [0.29, 0.717) is 6.42 Å². The summed E-state index contributed by atoms with van der Waals surface area (Å²) in [6.07, 6.45) is 0.389. The third-order valence-electron chi connectivity index (χ3n) is 2.48. The molecule has 0 aliphatic rings. The molecule has 0 aliphatic heterocycles. The van der Waals surface area contributed by atoms with Crippen molar-refractivity contribution in [3.8, 4) is 23.3 Å². The van der Waals surface area contributed by atoms with Gasteiger partial charge >= 0.3 is 0 Å². The topological polar surface area (TPSA) is 42.2 Å². The number of nitriles is 1. The molecular formula is C15H13NO2. The molecule has 2 rings (SSSR count). The largest absolute Gasteiger partial charge is 0.497 e. The second kappa shape index (κ2) is 5.74. The van der Waals surface area contributed by atoms with Gasteiger partial charge in [0.25, 0.3) is 0 Å². The van der Waals surface area contributed by atoms with Crippen LogP contribution in [0.5, 0.6) is 17.2 Å². The summed E-state index contributed by atoms with van der Waals surface area (Å²) in [6.45, 7) is 0. The third-order valence-corrected chi connectivity index (χ3v) is 2.48. The highest BCUT2D eigenvalue weighted by Gasteiger charge is 1.99. The quantitative estimate of drug-likeness (QED) is 0.819. The van der Waals surface area contributed by atoms with Crippen LogP contribution < -0.4 is 9.47 Å². The van der Waals surface area contributed by atoms with E-state index < -0.39 is 0 Å². The first kappa shape index (κ1) is 12.0. The van der Waals surface area contributed by atoms with Crippen LogP contribution in [0.3, 0.4) is 0 Å². The lowest BCUT2D eigenvalue weighted by Gasteiger charge is -2.07. The number of hydrogen-bond donors (Lipinski definition) is 0. The van der Waals surface area contributed by atoms with Crippen LogP contribution in [0.25, 0.3) is 0 Å². The van der Waals surface area contributed by atoms with Crippen LogP contribution in [0.4, 0.5) is 0 Å². The molecule has 0 fully saturated rings. The SMILES string of the molecule is COc1ccc(Oc2cccc(CC#N)c2)cc1. The first-order valence-corrected chi connectivity index (χ1v) is 5.59. The van der Waals surface area contributed by atoms with Crippen LogP contribution in [0.1, 0.15) is 5.56 Å². The first-order chi connectivity index (χ1) is 8.81.